The van der Waals surface area contributed by atoms with Crippen LogP contribution in [0.15, 0.2) is 12.1 Å². The maximum absolute atomic E-state index is 10.3. The highest BCUT2D eigenvalue weighted by Crippen LogP contribution is 2.31. The molecule has 2 aliphatic rings. The Labute approximate surface area is 179 Å². The van der Waals surface area contributed by atoms with E-state index in [4.69, 9.17) is 28.8 Å². The van der Waals surface area contributed by atoms with Gasteiger partial charge in [-0.25, -0.2) is 0 Å². The summed E-state index contributed by atoms with van der Waals surface area (Å²) >= 11 is 0. The summed E-state index contributed by atoms with van der Waals surface area (Å²) in [6.07, 6.45) is -12.1. The molecule has 9 unspecified atom stereocenters. The number of methoxy groups -OCH3 is 1. The highest BCUT2D eigenvalue weighted by atomic mass is 16.7. The number of rotatable bonds is 7. The van der Waals surface area contributed by atoms with Gasteiger partial charge in [0.15, 0.2) is 6.29 Å². The second kappa shape index (κ2) is 9.94. The Morgan fingerprint density at radius 2 is 1.32 bits per heavy atom. The SMILES string of the molecule is COc1cc(C)c(OC2OC(COC3OC(CO)C(O)C3O)C(O)C(O)C2O)cc1C. The summed E-state index contributed by atoms with van der Waals surface area (Å²) in [5.41, 5.74) is 1.50. The quantitative estimate of drug-likeness (QED) is 0.273. The van der Waals surface area contributed by atoms with E-state index in [1.165, 1.54) is 0 Å². The third-order valence-electron chi connectivity index (χ3n) is 5.53. The molecule has 0 saturated carbocycles. The third kappa shape index (κ3) is 4.95. The molecule has 11 nitrogen and oxygen atoms in total. The van der Waals surface area contributed by atoms with Gasteiger partial charge in [-0.05, 0) is 37.1 Å². The van der Waals surface area contributed by atoms with Crippen LogP contribution < -0.4 is 9.47 Å². The molecule has 2 heterocycles. The van der Waals surface area contributed by atoms with Crippen molar-refractivity contribution >= 4 is 0 Å². The van der Waals surface area contributed by atoms with E-state index in [9.17, 15) is 25.5 Å². The van der Waals surface area contributed by atoms with E-state index in [-0.39, 0.29) is 6.61 Å². The van der Waals surface area contributed by atoms with Crippen molar-refractivity contribution < 1.29 is 54.3 Å². The molecule has 1 aromatic rings. The average molecular weight is 446 g/mol. The first-order valence-electron chi connectivity index (χ1n) is 9.93. The molecule has 2 fully saturated rings. The Balaban J connectivity index is 1.67. The van der Waals surface area contributed by atoms with Gasteiger partial charge in [0.25, 0.3) is 0 Å². The van der Waals surface area contributed by atoms with Crippen LogP contribution in [0.1, 0.15) is 11.1 Å². The molecule has 2 saturated heterocycles. The summed E-state index contributed by atoms with van der Waals surface area (Å²) in [7, 11) is 1.55. The van der Waals surface area contributed by atoms with E-state index < -0.39 is 61.9 Å². The fourth-order valence-corrected chi connectivity index (χ4v) is 3.58. The van der Waals surface area contributed by atoms with Gasteiger partial charge in [-0.15, -0.1) is 0 Å². The Morgan fingerprint density at radius 3 is 1.94 bits per heavy atom. The van der Waals surface area contributed by atoms with Crippen molar-refractivity contribution in [2.45, 2.75) is 69.2 Å². The fourth-order valence-electron chi connectivity index (χ4n) is 3.58. The topological polar surface area (TPSA) is 168 Å². The molecule has 0 amide bonds. The van der Waals surface area contributed by atoms with Crippen molar-refractivity contribution in [3.8, 4) is 11.5 Å². The highest BCUT2D eigenvalue weighted by molar-refractivity contribution is 5.45. The van der Waals surface area contributed by atoms with Crippen LogP contribution in [0.2, 0.25) is 0 Å². The highest BCUT2D eigenvalue weighted by Gasteiger charge is 2.47. The van der Waals surface area contributed by atoms with Crippen molar-refractivity contribution in [2.24, 2.45) is 0 Å². The van der Waals surface area contributed by atoms with Gasteiger partial charge in [-0.1, -0.05) is 0 Å². The summed E-state index contributed by atoms with van der Waals surface area (Å²) in [4.78, 5) is 0. The van der Waals surface area contributed by atoms with Gasteiger partial charge in [0.05, 0.1) is 20.3 Å². The van der Waals surface area contributed by atoms with Crippen LogP contribution in [0, 0.1) is 13.8 Å². The fraction of sp³-hybridized carbons (Fsp3) is 0.700. The Kier molecular flexibility index (Phi) is 7.73. The van der Waals surface area contributed by atoms with Crippen LogP contribution in [0.4, 0.5) is 0 Å². The lowest BCUT2D eigenvalue weighted by Gasteiger charge is -2.40. The second-order valence-corrected chi connectivity index (χ2v) is 7.76. The summed E-state index contributed by atoms with van der Waals surface area (Å²) < 4.78 is 27.3. The van der Waals surface area contributed by atoms with Crippen molar-refractivity contribution in [3.05, 3.63) is 23.3 Å². The van der Waals surface area contributed by atoms with Gasteiger partial charge in [0, 0.05) is 0 Å². The molecule has 9 atom stereocenters. The zero-order chi connectivity index (χ0) is 22.9. The zero-order valence-corrected chi connectivity index (χ0v) is 17.5. The molecule has 6 N–H and O–H groups in total. The van der Waals surface area contributed by atoms with E-state index in [0.717, 1.165) is 5.56 Å². The van der Waals surface area contributed by atoms with Gasteiger partial charge in [-0.2, -0.15) is 0 Å². The Bertz CT molecular complexity index is 744. The minimum atomic E-state index is -1.59. The normalized spacial score (nSPS) is 38.3. The molecular formula is C20H30O11. The van der Waals surface area contributed by atoms with E-state index in [1.54, 1.807) is 26.2 Å². The molecule has 0 bridgehead atoms. The monoisotopic (exact) mass is 446 g/mol. The number of benzene rings is 1. The minimum Gasteiger partial charge on any atom is -0.496 e. The number of hydrogen-bond acceptors (Lipinski definition) is 11. The summed E-state index contributed by atoms with van der Waals surface area (Å²) in [6, 6.07) is 3.46. The first-order valence-corrected chi connectivity index (χ1v) is 9.93. The van der Waals surface area contributed by atoms with Crippen LogP contribution in [-0.2, 0) is 14.2 Å². The van der Waals surface area contributed by atoms with Gasteiger partial charge in [0.1, 0.15) is 54.2 Å². The maximum Gasteiger partial charge on any atom is 0.229 e. The number of ether oxygens (including phenoxy) is 5. The molecule has 31 heavy (non-hydrogen) atoms. The van der Waals surface area contributed by atoms with E-state index in [2.05, 4.69) is 0 Å². The first kappa shape index (κ1) is 24.1. The lowest BCUT2D eigenvalue weighted by Crippen LogP contribution is -2.60. The number of aryl methyl sites for hydroxylation is 2. The van der Waals surface area contributed by atoms with E-state index in [0.29, 0.717) is 17.1 Å². The molecule has 1 aromatic carbocycles. The van der Waals surface area contributed by atoms with Crippen LogP contribution in [0.25, 0.3) is 0 Å². The molecule has 3 rings (SSSR count). The van der Waals surface area contributed by atoms with Crippen molar-refractivity contribution in [3.63, 3.8) is 0 Å². The first-order chi connectivity index (χ1) is 14.7. The lowest BCUT2D eigenvalue weighted by molar-refractivity contribution is -0.290. The van der Waals surface area contributed by atoms with Gasteiger partial charge >= 0.3 is 0 Å². The molecule has 0 aliphatic carbocycles. The maximum atomic E-state index is 10.3. The molecule has 0 aromatic heterocycles. The van der Waals surface area contributed by atoms with Crippen LogP contribution in [-0.4, -0.2) is 106 Å². The second-order valence-electron chi connectivity index (χ2n) is 7.76. The zero-order valence-electron chi connectivity index (χ0n) is 17.5. The van der Waals surface area contributed by atoms with Crippen LogP contribution in [0.3, 0.4) is 0 Å². The van der Waals surface area contributed by atoms with Gasteiger partial charge < -0.3 is 54.3 Å². The average Bonchev–Trinajstić information content (AvgIpc) is 3.03. The van der Waals surface area contributed by atoms with Gasteiger partial charge in [-0.3, -0.25) is 0 Å². The predicted octanol–water partition coefficient (Wildman–Crippen LogP) is -2.05. The van der Waals surface area contributed by atoms with Gasteiger partial charge in [0.2, 0.25) is 6.29 Å². The van der Waals surface area contributed by atoms with Crippen molar-refractivity contribution in [2.75, 3.05) is 20.3 Å². The van der Waals surface area contributed by atoms with Crippen LogP contribution in [0.5, 0.6) is 11.5 Å². The molecule has 0 radical (unpaired) electrons. The van der Waals surface area contributed by atoms with Crippen molar-refractivity contribution in [1.29, 1.82) is 0 Å². The predicted molar refractivity (Wildman–Crippen MR) is 103 cm³/mol. The largest absolute Gasteiger partial charge is 0.496 e. The number of aliphatic hydroxyl groups is 6. The minimum absolute atomic E-state index is 0.349. The van der Waals surface area contributed by atoms with E-state index >= 15 is 0 Å². The number of hydrogen-bond donors (Lipinski definition) is 6. The Morgan fingerprint density at radius 1 is 0.774 bits per heavy atom. The standard InChI is InChI=1S/C20H30O11/c1-8-5-11(9(2)4-10(8)27-3)29-20-18(26)16(24)15(23)13(31-20)7-28-19-17(25)14(22)12(6-21)30-19/h4-5,12-26H,6-7H2,1-3H3. The van der Waals surface area contributed by atoms with E-state index in [1.807, 2.05) is 6.92 Å². The smallest absolute Gasteiger partial charge is 0.229 e. The summed E-state index contributed by atoms with van der Waals surface area (Å²) in [5, 5.41) is 59.7. The third-order valence-corrected chi connectivity index (χ3v) is 5.53. The molecule has 2 aliphatic heterocycles. The number of aliphatic hydroxyl groups excluding tert-OH is 6. The lowest BCUT2D eigenvalue weighted by atomic mass is 9.99. The molecular weight excluding hydrogens is 416 g/mol. The van der Waals surface area contributed by atoms with Crippen molar-refractivity contribution in [1.82, 2.24) is 0 Å². The molecule has 11 heteroatoms. The molecule has 176 valence electrons. The Hall–Kier alpha value is -1.54. The summed E-state index contributed by atoms with van der Waals surface area (Å²) in [5.74, 6) is 1.06. The molecule has 0 spiro atoms. The summed E-state index contributed by atoms with van der Waals surface area (Å²) in [6.45, 7) is 2.74. The van der Waals surface area contributed by atoms with Crippen LogP contribution >= 0.6 is 0 Å².